The third kappa shape index (κ3) is 6.16. The number of carbonyl (C=O) groups is 1. The largest absolute Gasteiger partial charge is 0.415 e. The smallest absolute Gasteiger partial charge is 0.410 e. The second-order valence-corrected chi connectivity index (χ2v) is 9.92. The number of thioether (sulfide) groups is 1. The lowest BCUT2D eigenvalue weighted by molar-refractivity contribution is 0.143. The maximum atomic E-state index is 12.4. The summed E-state index contributed by atoms with van der Waals surface area (Å²) in [7, 11) is 0. The van der Waals surface area contributed by atoms with Gasteiger partial charge in [-0.3, -0.25) is 4.90 Å². The van der Waals surface area contributed by atoms with Crippen LogP contribution in [0.3, 0.4) is 0 Å². The summed E-state index contributed by atoms with van der Waals surface area (Å²) < 4.78 is 5.46. The van der Waals surface area contributed by atoms with Gasteiger partial charge in [-0.15, -0.1) is 11.8 Å². The number of hydrogen-bond donors (Lipinski definition) is 0. The van der Waals surface area contributed by atoms with Crippen molar-refractivity contribution < 1.29 is 9.53 Å². The first-order valence-electron chi connectivity index (χ1n) is 10.9. The van der Waals surface area contributed by atoms with Crippen molar-refractivity contribution in [3.63, 3.8) is 0 Å². The lowest BCUT2D eigenvalue weighted by Crippen LogP contribution is -2.40. The van der Waals surface area contributed by atoms with E-state index in [9.17, 15) is 4.79 Å². The number of amides is 1. The summed E-state index contributed by atoms with van der Waals surface area (Å²) in [5, 5.41) is 1.17. The van der Waals surface area contributed by atoms with Crippen LogP contribution >= 0.6 is 23.4 Å². The first-order chi connectivity index (χ1) is 14.7. The molecular weight excluding hydrogens is 416 g/mol. The van der Waals surface area contributed by atoms with Gasteiger partial charge in [-0.1, -0.05) is 30.2 Å². The monoisotopic (exact) mass is 444 g/mol. The van der Waals surface area contributed by atoms with Crippen molar-refractivity contribution in [2.75, 3.05) is 26.2 Å². The van der Waals surface area contributed by atoms with E-state index in [1.165, 1.54) is 42.8 Å². The molecule has 2 fully saturated rings. The van der Waals surface area contributed by atoms with Gasteiger partial charge < -0.3 is 9.64 Å². The van der Waals surface area contributed by atoms with Crippen molar-refractivity contribution in [1.29, 1.82) is 0 Å². The van der Waals surface area contributed by atoms with Gasteiger partial charge >= 0.3 is 6.09 Å². The number of nitrogens with zero attached hydrogens (tertiary/aromatic N) is 2. The number of hydrogen-bond acceptors (Lipinski definition) is 4. The summed E-state index contributed by atoms with van der Waals surface area (Å²) in [5.41, 5.74) is 1.40. The molecule has 2 aliphatic rings. The number of likely N-dealkylation sites (tertiary alicyclic amines) is 2. The SMILES string of the molecule is O=C(Oc1ccc(Cl)cc1)N1CCC(Sc2ccc(CN3CCCCC3)cc2)CC1. The van der Waals surface area contributed by atoms with Gasteiger partial charge in [0.25, 0.3) is 0 Å². The molecule has 0 spiro atoms. The Bertz CT molecular complexity index is 814. The second-order valence-electron chi connectivity index (χ2n) is 8.11. The first-order valence-corrected chi connectivity index (χ1v) is 12.1. The van der Waals surface area contributed by atoms with Crippen LogP contribution in [0.1, 0.15) is 37.7 Å². The van der Waals surface area contributed by atoms with Crippen LogP contribution in [0.15, 0.2) is 53.4 Å². The highest BCUT2D eigenvalue weighted by molar-refractivity contribution is 8.00. The lowest BCUT2D eigenvalue weighted by atomic mass is 10.1. The Morgan fingerprint density at radius 3 is 2.27 bits per heavy atom. The zero-order valence-corrected chi connectivity index (χ0v) is 18.8. The number of carbonyl (C=O) groups excluding carboxylic acids is 1. The highest BCUT2D eigenvalue weighted by atomic mass is 35.5. The number of benzene rings is 2. The molecule has 160 valence electrons. The van der Waals surface area contributed by atoms with Gasteiger partial charge in [0.05, 0.1) is 0 Å². The fourth-order valence-electron chi connectivity index (χ4n) is 4.07. The molecule has 4 nitrogen and oxygen atoms in total. The number of rotatable bonds is 5. The van der Waals surface area contributed by atoms with Crippen LogP contribution < -0.4 is 4.74 Å². The van der Waals surface area contributed by atoms with Crippen molar-refractivity contribution >= 4 is 29.5 Å². The van der Waals surface area contributed by atoms with Gasteiger partial charge in [-0.25, -0.2) is 4.79 Å². The molecule has 0 bridgehead atoms. The molecule has 4 rings (SSSR count). The summed E-state index contributed by atoms with van der Waals surface area (Å²) in [6.07, 6.45) is 5.73. The van der Waals surface area contributed by atoms with Crippen molar-refractivity contribution in [3.05, 3.63) is 59.1 Å². The molecule has 30 heavy (non-hydrogen) atoms. The molecule has 0 unspecified atom stereocenters. The van der Waals surface area contributed by atoms with E-state index in [2.05, 4.69) is 29.2 Å². The molecule has 0 aromatic heterocycles. The molecule has 0 N–H and O–H groups in total. The molecule has 2 saturated heterocycles. The van der Waals surface area contributed by atoms with Crippen LogP contribution in [0, 0.1) is 0 Å². The highest BCUT2D eigenvalue weighted by Crippen LogP contribution is 2.31. The van der Waals surface area contributed by atoms with E-state index in [0.717, 1.165) is 32.5 Å². The number of ether oxygens (including phenoxy) is 1. The van der Waals surface area contributed by atoms with E-state index in [1.54, 1.807) is 29.2 Å². The summed E-state index contributed by atoms with van der Waals surface area (Å²) in [4.78, 5) is 18.1. The summed E-state index contributed by atoms with van der Waals surface area (Å²) in [6.45, 7) is 5.00. The standard InChI is InChI=1S/C24H29ClN2O2S/c25-20-6-8-21(9-7-20)29-24(28)27-16-12-23(13-17-27)30-22-10-4-19(5-11-22)18-26-14-2-1-3-15-26/h4-11,23H,1-3,12-18H2. The quantitative estimate of drug-likeness (QED) is 0.559. The molecule has 0 aliphatic carbocycles. The third-order valence-electron chi connectivity index (χ3n) is 5.80. The van der Waals surface area contributed by atoms with Gasteiger partial charge in [0.2, 0.25) is 0 Å². The summed E-state index contributed by atoms with van der Waals surface area (Å²) >= 11 is 7.81. The third-order valence-corrected chi connectivity index (χ3v) is 7.40. The fraction of sp³-hybridized carbons (Fsp3) is 0.458. The molecule has 0 radical (unpaired) electrons. The Labute approximate surface area is 188 Å². The molecule has 2 aromatic carbocycles. The van der Waals surface area contributed by atoms with Crippen LogP contribution in [0.5, 0.6) is 5.75 Å². The molecule has 2 aromatic rings. The van der Waals surface area contributed by atoms with Gasteiger partial charge in [0.1, 0.15) is 5.75 Å². The lowest BCUT2D eigenvalue weighted by Gasteiger charge is -2.31. The predicted octanol–water partition coefficient (Wildman–Crippen LogP) is 6.08. The van der Waals surface area contributed by atoms with Crippen LogP contribution in [0.25, 0.3) is 0 Å². The minimum absolute atomic E-state index is 0.275. The first kappa shape index (κ1) is 21.5. The maximum absolute atomic E-state index is 12.4. The average molecular weight is 445 g/mol. The van der Waals surface area contributed by atoms with E-state index >= 15 is 0 Å². The van der Waals surface area contributed by atoms with Gasteiger partial charge in [0, 0.05) is 34.8 Å². The number of halogens is 1. The van der Waals surface area contributed by atoms with Gasteiger partial charge in [-0.05, 0) is 80.7 Å². The van der Waals surface area contributed by atoms with Crippen molar-refractivity contribution in [3.8, 4) is 5.75 Å². The minimum Gasteiger partial charge on any atom is -0.410 e. The maximum Gasteiger partial charge on any atom is 0.415 e. The molecule has 2 aliphatic heterocycles. The molecule has 6 heteroatoms. The van der Waals surface area contributed by atoms with E-state index in [4.69, 9.17) is 16.3 Å². The Morgan fingerprint density at radius 2 is 1.60 bits per heavy atom. The molecule has 0 atom stereocenters. The Hall–Kier alpha value is -1.69. The zero-order valence-electron chi connectivity index (χ0n) is 17.3. The Kier molecular flexibility index (Phi) is 7.58. The molecular formula is C24H29ClN2O2S. The van der Waals surface area contributed by atoms with Crippen molar-refractivity contribution in [2.24, 2.45) is 0 Å². The summed E-state index contributed by atoms with van der Waals surface area (Å²) in [5.74, 6) is 0.533. The fourth-order valence-corrected chi connectivity index (χ4v) is 5.32. The topological polar surface area (TPSA) is 32.8 Å². The van der Waals surface area contributed by atoms with Gasteiger partial charge in [0.15, 0.2) is 0 Å². The van der Waals surface area contributed by atoms with Crippen molar-refractivity contribution in [2.45, 2.75) is 48.8 Å². The van der Waals surface area contributed by atoms with E-state index in [-0.39, 0.29) is 6.09 Å². The van der Waals surface area contributed by atoms with Crippen LogP contribution in [-0.4, -0.2) is 47.3 Å². The Morgan fingerprint density at radius 1 is 0.933 bits per heavy atom. The van der Waals surface area contributed by atoms with E-state index < -0.39 is 0 Å². The molecule has 0 saturated carbocycles. The normalized spacial score (nSPS) is 18.4. The highest BCUT2D eigenvalue weighted by Gasteiger charge is 2.24. The number of piperidine rings is 2. The van der Waals surface area contributed by atoms with Crippen LogP contribution in [0.2, 0.25) is 5.02 Å². The van der Waals surface area contributed by atoms with Gasteiger partial charge in [-0.2, -0.15) is 0 Å². The van der Waals surface area contributed by atoms with Crippen LogP contribution in [-0.2, 0) is 6.54 Å². The Balaban J connectivity index is 1.21. The molecule has 1 amide bonds. The predicted molar refractivity (Wildman–Crippen MR) is 123 cm³/mol. The summed E-state index contributed by atoms with van der Waals surface area (Å²) in [6, 6.07) is 16.0. The zero-order chi connectivity index (χ0) is 20.8. The minimum atomic E-state index is -0.275. The second kappa shape index (κ2) is 10.6. The van der Waals surface area contributed by atoms with Crippen molar-refractivity contribution in [1.82, 2.24) is 9.80 Å². The van der Waals surface area contributed by atoms with Crippen LogP contribution in [0.4, 0.5) is 4.79 Å². The van der Waals surface area contributed by atoms with E-state index in [1.807, 2.05) is 11.8 Å². The molecule has 2 heterocycles. The average Bonchev–Trinajstić information content (AvgIpc) is 2.78. The van der Waals surface area contributed by atoms with E-state index in [0.29, 0.717) is 16.0 Å².